The molecule has 0 atom stereocenters. The van der Waals surface area contributed by atoms with Crippen molar-refractivity contribution in [1.82, 2.24) is 14.9 Å². The Kier molecular flexibility index (Phi) is 9.27. The lowest BCUT2D eigenvalue weighted by atomic mass is 10.0. The fourth-order valence-electron chi connectivity index (χ4n) is 3.43. The van der Waals surface area contributed by atoms with Gasteiger partial charge in [0, 0.05) is 49.1 Å². The standard InChI is InChI=1S/C20H21N3O3.2CH2O2/c1-26-20(25)16-11-14-6-9-23(19(24)13-4-5-13)10-7-17(14)22-18(16)15-3-2-8-21-12-15;2*2-1-3/h2-3,8,11-13H,4-7,9-10H2,1H3;2*1H,(H,2,3). The molecule has 1 fully saturated rings. The first-order valence-corrected chi connectivity index (χ1v) is 9.96. The summed E-state index contributed by atoms with van der Waals surface area (Å²) in [4.78, 5) is 52.3. The maximum atomic E-state index is 12.4. The van der Waals surface area contributed by atoms with Gasteiger partial charge in [0.2, 0.25) is 5.91 Å². The van der Waals surface area contributed by atoms with Gasteiger partial charge in [-0.2, -0.15) is 0 Å². The van der Waals surface area contributed by atoms with Crippen molar-refractivity contribution >= 4 is 24.8 Å². The van der Waals surface area contributed by atoms with Crippen LogP contribution in [0.1, 0.15) is 34.5 Å². The maximum Gasteiger partial charge on any atom is 0.340 e. The predicted octanol–water partition coefficient (Wildman–Crippen LogP) is 1.67. The lowest BCUT2D eigenvalue weighted by Gasteiger charge is -2.19. The Bertz CT molecular complexity index is 940. The lowest BCUT2D eigenvalue weighted by molar-refractivity contribution is -0.132. The Morgan fingerprint density at radius 3 is 2.38 bits per heavy atom. The molecular formula is C22H25N3O7. The van der Waals surface area contributed by atoms with Crippen LogP contribution in [-0.2, 0) is 32.0 Å². The number of hydrogen-bond acceptors (Lipinski definition) is 7. The molecule has 4 rings (SSSR count). The molecule has 2 aliphatic rings. The van der Waals surface area contributed by atoms with E-state index in [1.165, 1.54) is 7.11 Å². The molecule has 3 heterocycles. The molecule has 1 aliphatic heterocycles. The van der Waals surface area contributed by atoms with Crippen LogP contribution in [0.5, 0.6) is 0 Å². The van der Waals surface area contributed by atoms with E-state index in [0.29, 0.717) is 37.2 Å². The molecule has 1 amide bonds. The molecule has 10 heteroatoms. The number of fused-ring (bicyclic) bond motifs is 1. The largest absolute Gasteiger partial charge is 0.483 e. The van der Waals surface area contributed by atoms with Crippen molar-refractivity contribution < 1.29 is 34.1 Å². The number of ether oxygens (including phenoxy) is 1. The number of aromatic nitrogens is 2. The van der Waals surface area contributed by atoms with E-state index in [0.717, 1.165) is 29.7 Å². The van der Waals surface area contributed by atoms with Crippen molar-refractivity contribution in [2.75, 3.05) is 20.2 Å². The minimum Gasteiger partial charge on any atom is -0.483 e. The average molecular weight is 443 g/mol. The molecule has 0 spiro atoms. The normalized spacial score (nSPS) is 14.2. The number of carboxylic acid groups (broad SMARTS) is 2. The highest BCUT2D eigenvalue weighted by molar-refractivity contribution is 5.96. The number of esters is 1. The summed E-state index contributed by atoms with van der Waals surface area (Å²) in [6.45, 7) is 0.857. The summed E-state index contributed by atoms with van der Waals surface area (Å²) in [6, 6.07) is 5.58. The van der Waals surface area contributed by atoms with Crippen molar-refractivity contribution in [3.8, 4) is 11.3 Å². The SMILES string of the molecule is COC(=O)c1cc2c(nc1-c1cccnc1)CCN(C(=O)C1CC1)CC2.O=CO.O=CO. The van der Waals surface area contributed by atoms with Crippen LogP contribution in [0.15, 0.2) is 30.6 Å². The lowest BCUT2D eigenvalue weighted by Crippen LogP contribution is -2.34. The molecule has 0 bridgehead atoms. The fraction of sp³-hybridized carbons (Fsp3) is 0.364. The van der Waals surface area contributed by atoms with Crippen LogP contribution >= 0.6 is 0 Å². The van der Waals surface area contributed by atoms with Crippen LogP contribution in [0.4, 0.5) is 0 Å². The molecule has 0 radical (unpaired) electrons. The van der Waals surface area contributed by atoms with Crippen molar-refractivity contribution in [1.29, 1.82) is 0 Å². The summed E-state index contributed by atoms with van der Waals surface area (Å²) in [5.74, 6) is 0.0774. The number of pyridine rings is 2. The highest BCUT2D eigenvalue weighted by Crippen LogP contribution is 2.32. The molecule has 1 saturated carbocycles. The van der Waals surface area contributed by atoms with E-state index < -0.39 is 5.97 Å². The summed E-state index contributed by atoms with van der Waals surface area (Å²) in [5.41, 5.74) is 3.78. The zero-order valence-corrected chi connectivity index (χ0v) is 17.6. The predicted molar refractivity (Wildman–Crippen MR) is 113 cm³/mol. The summed E-state index contributed by atoms with van der Waals surface area (Å²) >= 11 is 0. The van der Waals surface area contributed by atoms with Crippen molar-refractivity contribution in [2.24, 2.45) is 5.92 Å². The van der Waals surface area contributed by atoms with Gasteiger partial charge in [-0.3, -0.25) is 24.4 Å². The summed E-state index contributed by atoms with van der Waals surface area (Å²) < 4.78 is 4.96. The third-order valence-corrected chi connectivity index (χ3v) is 5.04. The number of rotatable bonds is 3. The van der Waals surface area contributed by atoms with Gasteiger partial charge in [0.15, 0.2) is 0 Å². The van der Waals surface area contributed by atoms with E-state index >= 15 is 0 Å². The summed E-state index contributed by atoms with van der Waals surface area (Å²) in [5, 5.41) is 13.8. The van der Waals surface area contributed by atoms with E-state index in [9.17, 15) is 9.59 Å². The zero-order valence-electron chi connectivity index (χ0n) is 17.6. The Morgan fingerprint density at radius 1 is 1.16 bits per heavy atom. The third kappa shape index (κ3) is 6.34. The molecule has 0 saturated heterocycles. The second kappa shape index (κ2) is 12.1. The van der Waals surface area contributed by atoms with Gasteiger partial charge in [-0.15, -0.1) is 0 Å². The molecular weight excluding hydrogens is 418 g/mol. The quantitative estimate of drug-likeness (QED) is 0.534. The minimum atomic E-state index is -0.408. The van der Waals surface area contributed by atoms with Crippen LogP contribution in [0.2, 0.25) is 0 Å². The second-order valence-electron chi connectivity index (χ2n) is 7.03. The topological polar surface area (TPSA) is 147 Å². The Balaban J connectivity index is 0.000000547. The number of carbonyl (C=O) groups is 4. The van der Waals surface area contributed by atoms with Crippen molar-refractivity contribution in [3.63, 3.8) is 0 Å². The van der Waals surface area contributed by atoms with E-state index in [-0.39, 0.29) is 24.8 Å². The number of amides is 1. The number of hydrogen-bond donors (Lipinski definition) is 2. The average Bonchev–Trinajstić information content (AvgIpc) is 3.66. The van der Waals surface area contributed by atoms with Crippen LogP contribution in [0.3, 0.4) is 0 Å². The number of methoxy groups -OCH3 is 1. The number of nitrogens with zero attached hydrogens (tertiary/aromatic N) is 3. The van der Waals surface area contributed by atoms with E-state index in [1.807, 2.05) is 23.1 Å². The molecule has 2 aromatic heterocycles. The molecule has 1 aliphatic carbocycles. The van der Waals surface area contributed by atoms with Gasteiger partial charge in [-0.25, -0.2) is 4.79 Å². The summed E-state index contributed by atoms with van der Waals surface area (Å²) in [7, 11) is 1.37. The zero-order chi connectivity index (χ0) is 23.5. The molecule has 2 N–H and O–H groups in total. The van der Waals surface area contributed by atoms with Gasteiger partial charge in [0.05, 0.1) is 18.4 Å². The van der Waals surface area contributed by atoms with E-state index in [4.69, 9.17) is 29.5 Å². The van der Waals surface area contributed by atoms with Gasteiger partial charge < -0.3 is 19.8 Å². The van der Waals surface area contributed by atoms with Gasteiger partial charge >= 0.3 is 5.97 Å². The molecule has 0 aromatic carbocycles. The first-order valence-electron chi connectivity index (χ1n) is 9.96. The molecule has 10 nitrogen and oxygen atoms in total. The van der Waals surface area contributed by atoms with Crippen LogP contribution in [0, 0.1) is 5.92 Å². The molecule has 32 heavy (non-hydrogen) atoms. The van der Waals surface area contributed by atoms with Crippen LogP contribution in [-0.4, -0.2) is 70.1 Å². The second-order valence-corrected chi connectivity index (χ2v) is 7.03. The van der Waals surface area contributed by atoms with Gasteiger partial charge in [-0.1, -0.05) is 0 Å². The van der Waals surface area contributed by atoms with Crippen LogP contribution in [0.25, 0.3) is 11.3 Å². The highest BCUT2D eigenvalue weighted by Gasteiger charge is 2.34. The molecule has 170 valence electrons. The van der Waals surface area contributed by atoms with E-state index in [2.05, 4.69) is 4.98 Å². The smallest absolute Gasteiger partial charge is 0.340 e. The minimum absolute atomic E-state index is 0.223. The van der Waals surface area contributed by atoms with Crippen LogP contribution < -0.4 is 0 Å². The first-order chi connectivity index (χ1) is 15.5. The number of carbonyl (C=O) groups excluding carboxylic acids is 2. The Labute approximate surface area is 184 Å². The van der Waals surface area contributed by atoms with Crippen molar-refractivity contribution in [3.05, 3.63) is 47.4 Å². The van der Waals surface area contributed by atoms with Gasteiger partial charge in [0.25, 0.3) is 12.9 Å². The van der Waals surface area contributed by atoms with Crippen molar-refractivity contribution in [2.45, 2.75) is 25.7 Å². The van der Waals surface area contributed by atoms with Gasteiger partial charge in [-0.05, 0) is 43.0 Å². The summed E-state index contributed by atoms with van der Waals surface area (Å²) in [6.07, 6.45) is 6.81. The highest BCUT2D eigenvalue weighted by atomic mass is 16.5. The third-order valence-electron chi connectivity index (χ3n) is 5.04. The monoisotopic (exact) mass is 443 g/mol. The molecule has 2 aromatic rings. The Hall–Kier alpha value is -3.82. The molecule has 0 unspecified atom stereocenters. The maximum absolute atomic E-state index is 12.4. The van der Waals surface area contributed by atoms with Gasteiger partial charge in [0.1, 0.15) is 0 Å². The first kappa shape index (κ1) is 24.4. The van der Waals surface area contributed by atoms with E-state index in [1.54, 1.807) is 12.4 Å². The fourth-order valence-corrected chi connectivity index (χ4v) is 3.43. The Morgan fingerprint density at radius 2 is 1.81 bits per heavy atom.